The van der Waals surface area contributed by atoms with Gasteiger partial charge in [-0.3, -0.25) is 4.90 Å². The van der Waals surface area contributed by atoms with E-state index in [1.54, 1.807) is 6.07 Å². The molecule has 0 unspecified atom stereocenters. The van der Waals surface area contributed by atoms with Gasteiger partial charge in [0.05, 0.1) is 4.47 Å². The number of halogens is 2. The van der Waals surface area contributed by atoms with Crippen LogP contribution in [-0.4, -0.2) is 42.8 Å². The van der Waals surface area contributed by atoms with Crippen molar-refractivity contribution in [2.24, 2.45) is 0 Å². The highest BCUT2D eigenvalue weighted by Gasteiger charge is 2.24. The molecule has 0 saturated carbocycles. The van der Waals surface area contributed by atoms with E-state index in [9.17, 15) is 9.50 Å². The van der Waals surface area contributed by atoms with Crippen LogP contribution in [0.25, 0.3) is 0 Å². The van der Waals surface area contributed by atoms with E-state index in [1.807, 2.05) is 12.1 Å². The third-order valence-corrected chi connectivity index (χ3v) is 3.95. The molecule has 100 valence electrons. The Morgan fingerprint density at radius 2 is 2.11 bits per heavy atom. The van der Waals surface area contributed by atoms with E-state index >= 15 is 0 Å². The fraction of sp³-hybridized carbons (Fsp3) is 0.538. The number of piperazine rings is 1. The molecule has 1 aromatic rings. The van der Waals surface area contributed by atoms with Gasteiger partial charge in [0.25, 0.3) is 0 Å². The second-order valence-electron chi connectivity index (χ2n) is 4.46. The fourth-order valence-electron chi connectivity index (χ4n) is 2.43. The first kappa shape index (κ1) is 13.9. The number of hydrogen-bond donors (Lipinski definition) is 2. The Morgan fingerprint density at radius 1 is 1.39 bits per heavy atom. The van der Waals surface area contributed by atoms with Crippen molar-refractivity contribution in [3.05, 3.63) is 34.1 Å². The standard InChI is InChI=1S/C13H18BrFN2O/c14-11-3-1-2-10(13(11)15)12(4-9-18)17-7-5-16-6-8-17/h1-3,12,16,18H,4-9H2/t12-/m0/s1. The smallest absolute Gasteiger partial charge is 0.142 e. The first-order valence-corrected chi connectivity index (χ1v) is 7.03. The average Bonchev–Trinajstić information content (AvgIpc) is 2.41. The summed E-state index contributed by atoms with van der Waals surface area (Å²) in [4.78, 5) is 2.23. The van der Waals surface area contributed by atoms with Crippen LogP contribution in [0.3, 0.4) is 0 Å². The monoisotopic (exact) mass is 316 g/mol. The van der Waals surface area contributed by atoms with Crippen LogP contribution in [0.1, 0.15) is 18.0 Å². The summed E-state index contributed by atoms with van der Waals surface area (Å²) in [5.74, 6) is -0.213. The van der Waals surface area contributed by atoms with Gasteiger partial charge in [-0.05, 0) is 28.4 Å². The van der Waals surface area contributed by atoms with Crippen LogP contribution in [0.5, 0.6) is 0 Å². The van der Waals surface area contributed by atoms with Gasteiger partial charge in [-0.25, -0.2) is 4.39 Å². The van der Waals surface area contributed by atoms with Crippen LogP contribution in [0.15, 0.2) is 22.7 Å². The second kappa shape index (κ2) is 6.61. The molecule has 1 atom stereocenters. The van der Waals surface area contributed by atoms with Gasteiger partial charge in [0, 0.05) is 44.4 Å². The first-order chi connectivity index (χ1) is 8.74. The molecule has 1 saturated heterocycles. The normalized spacial score (nSPS) is 18.8. The van der Waals surface area contributed by atoms with Crippen molar-refractivity contribution in [1.29, 1.82) is 0 Å². The molecule has 0 radical (unpaired) electrons. The van der Waals surface area contributed by atoms with E-state index in [2.05, 4.69) is 26.1 Å². The molecule has 1 aliphatic heterocycles. The highest BCUT2D eigenvalue weighted by atomic mass is 79.9. The molecule has 0 amide bonds. The number of benzene rings is 1. The highest BCUT2D eigenvalue weighted by molar-refractivity contribution is 9.10. The first-order valence-electron chi connectivity index (χ1n) is 6.23. The summed E-state index contributed by atoms with van der Waals surface area (Å²) in [6, 6.07) is 5.30. The Kier molecular flexibility index (Phi) is 5.12. The molecule has 2 N–H and O–H groups in total. The highest BCUT2D eigenvalue weighted by Crippen LogP contribution is 2.30. The Balaban J connectivity index is 2.25. The van der Waals surface area contributed by atoms with Gasteiger partial charge in [0.1, 0.15) is 5.82 Å². The SMILES string of the molecule is OCC[C@@H](c1cccc(Br)c1F)N1CCNCC1. The zero-order valence-corrected chi connectivity index (χ0v) is 11.8. The Labute approximate surface area is 115 Å². The van der Waals surface area contributed by atoms with E-state index in [0.717, 1.165) is 26.2 Å². The molecule has 3 nitrogen and oxygen atoms in total. The summed E-state index contributed by atoms with van der Waals surface area (Å²) >= 11 is 3.22. The molecule has 5 heteroatoms. The summed E-state index contributed by atoms with van der Waals surface area (Å²) in [6.45, 7) is 3.67. The van der Waals surface area contributed by atoms with Gasteiger partial charge in [-0.15, -0.1) is 0 Å². The third kappa shape index (κ3) is 3.09. The van der Waals surface area contributed by atoms with Crippen LogP contribution in [0, 0.1) is 5.82 Å². The van der Waals surface area contributed by atoms with Crippen LogP contribution in [0.4, 0.5) is 4.39 Å². The summed E-state index contributed by atoms with van der Waals surface area (Å²) < 4.78 is 14.6. The maximum Gasteiger partial charge on any atom is 0.142 e. The van der Waals surface area contributed by atoms with Crippen molar-refractivity contribution in [3.8, 4) is 0 Å². The summed E-state index contributed by atoms with van der Waals surface area (Å²) in [7, 11) is 0. The van der Waals surface area contributed by atoms with Crippen LogP contribution in [-0.2, 0) is 0 Å². The molecule has 0 spiro atoms. The van der Waals surface area contributed by atoms with Crippen molar-refractivity contribution in [1.82, 2.24) is 10.2 Å². The molecule has 0 aliphatic carbocycles. The molecular weight excluding hydrogens is 299 g/mol. The lowest BCUT2D eigenvalue weighted by Gasteiger charge is -2.35. The number of rotatable bonds is 4. The maximum atomic E-state index is 14.2. The molecule has 0 aromatic heterocycles. The van der Waals surface area contributed by atoms with Crippen LogP contribution in [0.2, 0.25) is 0 Å². The van der Waals surface area contributed by atoms with Crippen LogP contribution < -0.4 is 5.32 Å². The van der Waals surface area contributed by atoms with Gasteiger partial charge in [-0.1, -0.05) is 12.1 Å². The van der Waals surface area contributed by atoms with Crippen molar-refractivity contribution >= 4 is 15.9 Å². The van der Waals surface area contributed by atoms with Crippen molar-refractivity contribution < 1.29 is 9.50 Å². The number of nitrogens with zero attached hydrogens (tertiary/aromatic N) is 1. The lowest BCUT2D eigenvalue weighted by Crippen LogP contribution is -2.45. The van der Waals surface area contributed by atoms with Gasteiger partial charge >= 0.3 is 0 Å². The Hall–Kier alpha value is -0.490. The molecule has 18 heavy (non-hydrogen) atoms. The van der Waals surface area contributed by atoms with Gasteiger partial charge in [0.15, 0.2) is 0 Å². The lowest BCUT2D eigenvalue weighted by molar-refractivity contribution is 0.138. The molecular formula is C13H18BrFN2O. The Morgan fingerprint density at radius 3 is 2.78 bits per heavy atom. The Bertz CT molecular complexity index is 397. The molecule has 1 aliphatic rings. The average molecular weight is 317 g/mol. The maximum absolute atomic E-state index is 14.2. The lowest BCUT2D eigenvalue weighted by atomic mass is 10.0. The van der Waals surface area contributed by atoms with Crippen molar-refractivity contribution in [2.75, 3.05) is 32.8 Å². The number of hydrogen-bond acceptors (Lipinski definition) is 3. The third-order valence-electron chi connectivity index (χ3n) is 3.34. The van der Waals surface area contributed by atoms with E-state index in [1.165, 1.54) is 0 Å². The molecule has 2 rings (SSSR count). The molecule has 0 bridgehead atoms. The predicted molar refractivity (Wildman–Crippen MR) is 73.0 cm³/mol. The largest absolute Gasteiger partial charge is 0.396 e. The van der Waals surface area contributed by atoms with E-state index < -0.39 is 0 Å². The zero-order valence-electron chi connectivity index (χ0n) is 10.2. The summed E-state index contributed by atoms with van der Waals surface area (Å²) in [6.07, 6.45) is 0.563. The summed E-state index contributed by atoms with van der Waals surface area (Å²) in [5.41, 5.74) is 0.667. The predicted octanol–water partition coefficient (Wildman–Crippen LogP) is 1.92. The fourth-order valence-corrected chi connectivity index (χ4v) is 2.81. The molecule has 1 fully saturated rings. The van der Waals surface area contributed by atoms with Gasteiger partial charge in [0.2, 0.25) is 0 Å². The summed E-state index contributed by atoms with van der Waals surface area (Å²) in [5, 5.41) is 12.5. The van der Waals surface area contributed by atoms with E-state index in [4.69, 9.17) is 0 Å². The van der Waals surface area contributed by atoms with E-state index in [-0.39, 0.29) is 18.5 Å². The molecule has 1 aromatic carbocycles. The minimum Gasteiger partial charge on any atom is -0.396 e. The quantitative estimate of drug-likeness (QED) is 0.891. The number of aliphatic hydroxyl groups is 1. The second-order valence-corrected chi connectivity index (χ2v) is 5.31. The zero-order chi connectivity index (χ0) is 13.0. The number of nitrogens with one attached hydrogen (secondary N) is 1. The van der Waals surface area contributed by atoms with E-state index in [0.29, 0.717) is 16.5 Å². The topological polar surface area (TPSA) is 35.5 Å². The number of aliphatic hydroxyl groups excluding tert-OH is 1. The van der Waals surface area contributed by atoms with Crippen molar-refractivity contribution in [2.45, 2.75) is 12.5 Å². The molecule has 1 heterocycles. The van der Waals surface area contributed by atoms with Gasteiger partial charge in [-0.2, -0.15) is 0 Å². The minimum absolute atomic E-state index is 0.0467. The van der Waals surface area contributed by atoms with Gasteiger partial charge < -0.3 is 10.4 Å². The minimum atomic E-state index is -0.213. The van der Waals surface area contributed by atoms with Crippen molar-refractivity contribution in [3.63, 3.8) is 0 Å². The van der Waals surface area contributed by atoms with Crippen LogP contribution >= 0.6 is 15.9 Å².